The summed E-state index contributed by atoms with van der Waals surface area (Å²) in [6.45, 7) is 0. The number of nitrogens with zero attached hydrogens (tertiary/aromatic N) is 6. The van der Waals surface area contributed by atoms with Crippen molar-refractivity contribution in [1.82, 2.24) is 29.9 Å². The molecule has 6 heteroatoms. The van der Waals surface area contributed by atoms with E-state index in [1.807, 2.05) is 67.0 Å². The van der Waals surface area contributed by atoms with Crippen molar-refractivity contribution in [2.24, 2.45) is 0 Å². The zero-order chi connectivity index (χ0) is 33.3. The van der Waals surface area contributed by atoms with Gasteiger partial charge in [-0.2, -0.15) is 0 Å². The summed E-state index contributed by atoms with van der Waals surface area (Å²) in [4.78, 5) is 28.9. The Morgan fingerprint density at radius 1 is 0.280 bits per heavy atom. The molecule has 0 saturated carbocycles. The lowest BCUT2D eigenvalue weighted by Gasteiger charge is -2.11. The van der Waals surface area contributed by atoms with E-state index in [-0.39, 0.29) is 0 Å². The third-order valence-electron chi connectivity index (χ3n) is 8.91. The Balaban J connectivity index is 1.12. The molecule has 0 unspecified atom stereocenters. The van der Waals surface area contributed by atoms with Crippen molar-refractivity contribution < 1.29 is 0 Å². The van der Waals surface area contributed by atoms with Crippen LogP contribution in [0, 0.1) is 0 Å². The Hall–Kier alpha value is -6.92. The molecule has 0 aliphatic carbocycles. The van der Waals surface area contributed by atoms with Crippen LogP contribution in [0.15, 0.2) is 170 Å². The highest BCUT2D eigenvalue weighted by molar-refractivity contribution is 5.94. The number of hydrogen-bond donors (Lipinski definition) is 0. The third kappa shape index (κ3) is 5.55. The molecule has 4 aromatic heterocycles. The highest BCUT2D eigenvalue weighted by Crippen LogP contribution is 2.32. The zero-order valence-electron chi connectivity index (χ0n) is 26.8. The minimum atomic E-state index is 0.593. The average Bonchev–Trinajstić information content (AvgIpc) is 3.21. The van der Waals surface area contributed by atoms with Crippen LogP contribution in [-0.4, -0.2) is 29.9 Å². The zero-order valence-corrected chi connectivity index (χ0v) is 26.8. The van der Waals surface area contributed by atoms with E-state index in [4.69, 9.17) is 15.0 Å². The maximum Gasteiger partial charge on any atom is 0.164 e. The molecule has 4 heterocycles. The second-order valence-corrected chi connectivity index (χ2v) is 12.0. The molecule has 0 spiro atoms. The van der Waals surface area contributed by atoms with Crippen molar-refractivity contribution >= 4 is 21.8 Å². The number of fused-ring (bicyclic) bond motifs is 2. The second-order valence-electron chi connectivity index (χ2n) is 12.0. The summed E-state index contributed by atoms with van der Waals surface area (Å²) < 4.78 is 0. The molecular weight excluding hydrogens is 613 g/mol. The van der Waals surface area contributed by atoms with Crippen molar-refractivity contribution in [3.63, 3.8) is 0 Å². The van der Waals surface area contributed by atoms with Crippen LogP contribution in [0.3, 0.4) is 0 Å². The predicted molar refractivity (Wildman–Crippen MR) is 201 cm³/mol. The molecule has 0 saturated heterocycles. The summed E-state index contributed by atoms with van der Waals surface area (Å²) in [6, 6.07) is 51.5. The number of aromatic nitrogens is 6. The molecular formula is C44H28N6. The normalized spacial score (nSPS) is 11.2. The third-order valence-corrected chi connectivity index (χ3v) is 8.91. The summed E-state index contributed by atoms with van der Waals surface area (Å²) in [6.07, 6.45) is 5.46. The van der Waals surface area contributed by atoms with E-state index in [0.717, 1.165) is 72.0 Å². The largest absolute Gasteiger partial charge is 0.256 e. The summed E-state index contributed by atoms with van der Waals surface area (Å²) in [5.41, 5.74) is 10.8. The van der Waals surface area contributed by atoms with Gasteiger partial charge in [-0.1, -0.05) is 133 Å². The molecule has 0 N–H and O–H groups in total. The summed E-state index contributed by atoms with van der Waals surface area (Å²) >= 11 is 0. The molecule has 234 valence electrons. The maximum absolute atomic E-state index is 5.01. The first kappa shape index (κ1) is 29.2. The number of para-hydroxylation sites is 1. The van der Waals surface area contributed by atoms with E-state index >= 15 is 0 Å². The van der Waals surface area contributed by atoms with Crippen LogP contribution in [0.2, 0.25) is 0 Å². The summed E-state index contributed by atoms with van der Waals surface area (Å²) in [5, 5.41) is 2.16. The Morgan fingerprint density at radius 2 is 0.760 bits per heavy atom. The fourth-order valence-electron chi connectivity index (χ4n) is 6.33. The summed E-state index contributed by atoms with van der Waals surface area (Å²) in [5.74, 6) is 1.80. The average molecular weight is 641 g/mol. The van der Waals surface area contributed by atoms with Gasteiger partial charge in [-0.15, -0.1) is 0 Å². The van der Waals surface area contributed by atoms with E-state index in [0.29, 0.717) is 17.5 Å². The highest BCUT2D eigenvalue weighted by atomic mass is 15.0. The van der Waals surface area contributed by atoms with Gasteiger partial charge in [-0.25, -0.2) is 15.0 Å². The number of benzene rings is 5. The number of hydrogen-bond acceptors (Lipinski definition) is 6. The molecule has 0 fully saturated rings. The molecule has 9 rings (SSSR count). The van der Waals surface area contributed by atoms with Crippen LogP contribution < -0.4 is 0 Å². The van der Waals surface area contributed by atoms with Crippen LogP contribution in [-0.2, 0) is 0 Å². The lowest BCUT2D eigenvalue weighted by atomic mass is 10.0. The SMILES string of the molecule is c1ccc(-c2ccc(-c3nc(-c4ccc(-c5cccc6cccnc56)cc4)nc(-c4ccc(-c5nccc6cccnc56)cc4)n3)cc2)cc1. The topological polar surface area (TPSA) is 77.3 Å². The van der Waals surface area contributed by atoms with Crippen molar-refractivity contribution in [3.05, 3.63) is 170 Å². The first-order chi connectivity index (χ1) is 24.8. The minimum absolute atomic E-state index is 0.593. The highest BCUT2D eigenvalue weighted by Gasteiger charge is 2.15. The minimum Gasteiger partial charge on any atom is -0.256 e. The molecule has 0 aliphatic rings. The van der Waals surface area contributed by atoms with Crippen LogP contribution in [0.4, 0.5) is 0 Å². The molecule has 0 radical (unpaired) electrons. The number of rotatable bonds is 6. The fraction of sp³-hybridized carbons (Fsp3) is 0. The quantitative estimate of drug-likeness (QED) is 0.180. The first-order valence-corrected chi connectivity index (χ1v) is 16.4. The van der Waals surface area contributed by atoms with Gasteiger partial charge in [0, 0.05) is 57.2 Å². The maximum atomic E-state index is 5.01. The van der Waals surface area contributed by atoms with Crippen molar-refractivity contribution in [3.8, 4) is 67.7 Å². The summed E-state index contributed by atoms with van der Waals surface area (Å²) in [7, 11) is 0. The number of pyridine rings is 3. The van der Waals surface area contributed by atoms with Crippen molar-refractivity contribution in [2.45, 2.75) is 0 Å². The Labute approximate surface area is 288 Å². The lowest BCUT2D eigenvalue weighted by molar-refractivity contribution is 1.07. The van der Waals surface area contributed by atoms with E-state index in [1.54, 1.807) is 6.20 Å². The van der Waals surface area contributed by atoms with E-state index < -0.39 is 0 Å². The van der Waals surface area contributed by atoms with Gasteiger partial charge in [0.05, 0.1) is 16.7 Å². The van der Waals surface area contributed by atoms with Gasteiger partial charge in [0.1, 0.15) is 0 Å². The molecule has 0 aliphatic heterocycles. The molecule has 0 atom stereocenters. The van der Waals surface area contributed by atoms with Gasteiger partial charge in [0.25, 0.3) is 0 Å². The van der Waals surface area contributed by atoms with Gasteiger partial charge < -0.3 is 0 Å². The van der Waals surface area contributed by atoms with Crippen molar-refractivity contribution in [2.75, 3.05) is 0 Å². The van der Waals surface area contributed by atoms with Gasteiger partial charge in [-0.3, -0.25) is 15.0 Å². The van der Waals surface area contributed by atoms with Crippen molar-refractivity contribution in [1.29, 1.82) is 0 Å². The van der Waals surface area contributed by atoms with E-state index in [1.165, 1.54) is 0 Å². The smallest absolute Gasteiger partial charge is 0.164 e. The standard InChI is InChI=1S/C44H28N6/c1-2-7-29(8-3-1)30-13-19-35(20-14-30)42-48-43(36-21-15-31(16-22-36)38-12-4-9-32-10-5-26-45-39(32)38)50-44(49-42)37-23-17-34(18-24-37)41-40-33(25-28-47-41)11-6-27-46-40/h1-28H. The van der Waals surface area contributed by atoms with E-state index in [2.05, 4.69) is 112 Å². The van der Waals surface area contributed by atoms with Crippen LogP contribution in [0.25, 0.3) is 89.5 Å². The molecule has 0 bridgehead atoms. The fourth-order valence-corrected chi connectivity index (χ4v) is 6.33. The Bertz CT molecular complexity index is 2470. The Kier molecular flexibility index (Phi) is 7.37. The molecule has 50 heavy (non-hydrogen) atoms. The molecule has 0 amide bonds. The van der Waals surface area contributed by atoms with Gasteiger partial charge in [0.2, 0.25) is 0 Å². The van der Waals surface area contributed by atoms with Crippen LogP contribution in [0.1, 0.15) is 0 Å². The molecule has 6 nitrogen and oxygen atoms in total. The molecule has 9 aromatic rings. The predicted octanol–water partition coefficient (Wildman–Crippen LogP) is 10.4. The van der Waals surface area contributed by atoms with Gasteiger partial charge in [-0.05, 0) is 34.9 Å². The van der Waals surface area contributed by atoms with Crippen LogP contribution >= 0.6 is 0 Å². The molecule has 5 aromatic carbocycles. The first-order valence-electron chi connectivity index (χ1n) is 16.4. The Morgan fingerprint density at radius 3 is 1.38 bits per heavy atom. The van der Waals surface area contributed by atoms with Crippen LogP contribution in [0.5, 0.6) is 0 Å². The monoisotopic (exact) mass is 640 g/mol. The lowest BCUT2D eigenvalue weighted by Crippen LogP contribution is -2.00. The second kappa shape index (κ2) is 12.6. The van der Waals surface area contributed by atoms with Gasteiger partial charge in [0.15, 0.2) is 17.5 Å². The van der Waals surface area contributed by atoms with E-state index in [9.17, 15) is 0 Å². The van der Waals surface area contributed by atoms with Gasteiger partial charge >= 0.3 is 0 Å².